The Hall–Kier alpha value is -1.33. The summed E-state index contributed by atoms with van der Waals surface area (Å²) in [6.45, 7) is 4.57. The molecule has 1 aliphatic heterocycles. The molecule has 96 valence electrons. The van der Waals surface area contributed by atoms with Crippen LogP contribution in [0.15, 0.2) is 18.2 Å². The molecule has 0 spiro atoms. The number of fused-ring (bicyclic) bond motifs is 1. The third-order valence-corrected chi connectivity index (χ3v) is 4.25. The largest absolute Gasteiger partial charge is 0.492 e. The molecule has 0 radical (unpaired) electrons. The number of rotatable bonds is 3. The van der Waals surface area contributed by atoms with Crippen molar-refractivity contribution in [1.29, 1.82) is 0 Å². The van der Waals surface area contributed by atoms with E-state index in [2.05, 4.69) is 11.0 Å². The summed E-state index contributed by atoms with van der Waals surface area (Å²) >= 11 is 1.72. The number of hydrogen-bond donors (Lipinski definition) is 1. The molecule has 1 unspecified atom stereocenters. The molecular formula is C13H17N3OS. The van der Waals surface area contributed by atoms with Crippen molar-refractivity contribution in [3.8, 4) is 5.75 Å². The zero-order valence-electron chi connectivity index (χ0n) is 10.4. The van der Waals surface area contributed by atoms with Gasteiger partial charge in [0.05, 0.1) is 11.3 Å². The van der Waals surface area contributed by atoms with E-state index in [9.17, 15) is 0 Å². The Bertz CT molecular complexity index is 554. The summed E-state index contributed by atoms with van der Waals surface area (Å²) < 4.78 is 6.79. The van der Waals surface area contributed by atoms with E-state index in [-0.39, 0.29) is 6.04 Å². The average molecular weight is 263 g/mol. The van der Waals surface area contributed by atoms with Crippen molar-refractivity contribution in [2.45, 2.75) is 19.4 Å². The topological polar surface area (TPSA) is 51.4 Å². The van der Waals surface area contributed by atoms with Gasteiger partial charge in [-0.15, -0.1) is 0 Å². The quantitative estimate of drug-likeness (QED) is 0.922. The SMILES string of the molecule is CCOc1cccc2sc(N3CCC(N)C3)nc12. The number of nitrogens with two attached hydrogens (primary N) is 1. The van der Waals surface area contributed by atoms with Gasteiger partial charge in [-0.05, 0) is 25.5 Å². The molecule has 1 fully saturated rings. The van der Waals surface area contributed by atoms with Crippen LogP contribution in [0.5, 0.6) is 5.75 Å². The average Bonchev–Trinajstić information content (AvgIpc) is 2.95. The molecule has 4 nitrogen and oxygen atoms in total. The monoisotopic (exact) mass is 263 g/mol. The number of anilines is 1. The van der Waals surface area contributed by atoms with Gasteiger partial charge in [0.1, 0.15) is 11.3 Å². The first kappa shape index (κ1) is 11.7. The van der Waals surface area contributed by atoms with E-state index in [0.717, 1.165) is 35.9 Å². The summed E-state index contributed by atoms with van der Waals surface area (Å²) in [5.74, 6) is 0.876. The molecule has 5 heteroatoms. The molecule has 1 aliphatic rings. The van der Waals surface area contributed by atoms with Crippen LogP contribution in [-0.2, 0) is 0 Å². The van der Waals surface area contributed by atoms with Crippen molar-refractivity contribution in [3.63, 3.8) is 0 Å². The minimum absolute atomic E-state index is 0.281. The lowest BCUT2D eigenvalue weighted by molar-refractivity contribution is 0.344. The van der Waals surface area contributed by atoms with Crippen LogP contribution in [0.2, 0.25) is 0 Å². The molecule has 2 heterocycles. The summed E-state index contributed by atoms with van der Waals surface area (Å²) in [4.78, 5) is 6.98. The van der Waals surface area contributed by atoms with Gasteiger partial charge in [-0.25, -0.2) is 4.98 Å². The lowest BCUT2D eigenvalue weighted by Gasteiger charge is -2.12. The lowest BCUT2D eigenvalue weighted by atomic mass is 10.3. The van der Waals surface area contributed by atoms with Gasteiger partial charge in [-0.1, -0.05) is 17.4 Å². The summed E-state index contributed by atoms with van der Waals surface area (Å²) in [6, 6.07) is 6.37. The van der Waals surface area contributed by atoms with E-state index in [0.29, 0.717) is 6.61 Å². The minimum atomic E-state index is 0.281. The summed E-state index contributed by atoms with van der Waals surface area (Å²) in [6.07, 6.45) is 1.05. The second-order valence-corrected chi connectivity index (χ2v) is 5.54. The highest BCUT2D eigenvalue weighted by Crippen LogP contribution is 2.35. The molecule has 1 saturated heterocycles. The van der Waals surface area contributed by atoms with Gasteiger partial charge >= 0.3 is 0 Å². The van der Waals surface area contributed by atoms with Crippen LogP contribution in [0.4, 0.5) is 5.13 Å². The molecule has 3 rings (SSSR count). The van der Waals surface area contributed by atoms with Crippen molar-refractivity contribution in [2.75, 3.05) is 24.6 Å². The third-order valence-electron chi connectivity index (χ3n) is 3.17. The second kappa shape index (κ2) is 4.74. The zero-order valence-corrected chi connectivity index (χ0v) is 11.2. The molecule has 1 aromatic carbocycles. The Kier molecular flexibility index (Phi) is 3.09. The Labute approximate surface area is 110 Å². The van der Waals surface area contributed by atoms with Crippen LogP contribution in [0, 0.1) is 0 Å². The van der Waals surface area contributed by atoms with Gasteiger partial charge < -0.3 is 15.4 Å². The third kappa shape index (κ3) is 2.04. The number of para-hydroxylation sites is 1. The molecule has 18 heavy (non-hydrogen) atoms. The van der Waals surface area contributed by atoms with Gasteiger partial charge in [-0.2, -0.15) is 0 Å². The normalized spacial score (nSPS) is 19.7. The number of thiazole rings is 1. The Morgan fingerprint density at radius 1 is 1.56 bits per heavy atom. The van der Waals surface area contributed by atoms with Crippen LogP contribution >= 0.6 is 11.3 Å². The fourth-order valence-corrected chi connectivity index (χ4v) is 3.30. The van der Waals surface area contributed by atoms with E-state index in [1.807, 2.05) is 19.1 Å². The van der Waals surface area contributed by atoms with Crippen molar-refractivity contribution in [1.82, 2.24) is 4.98 Å². The standard InChI is InChI=1S/C13H17N3OS/c1-2-17-10-4-3-5-11-12(10)15-13(18-11)16-7-6-9(14)8-16/h3-5,9H,2,6-8,14H2,1H3. The Morgan fingerprint density at radius 2 is 2.44 bits per heavy atom. The Balaban J connectivity index is 1.97. The molecular weight excluding hydrogens is 246 g/mol. The highest BCUT2D eigenvalue weighted by Gasteiger charge is 2.22. The van der Waals surface area contributed by atoms with Gasteiger partial charge in [0, 0.05) is 19.1 Å². The molecule has 0 amide bonds. The van der Waals surface area contributed by atoms with Gasteiger partial charge in [0.25, 0.3) is 0 Å². The fourth-order valence-electron chi connectivity index (χ4n) is 2.28. The lowest BCUT2D eigenvalue weighted by Crippen LogP contribution is -2.26. The number of aromatic nitrogens is 1. The number of hydrogen-bond acceptors (Lipinski definition) is 5. The van der Waals surface area contributed by atoms with Gasteiger partial charge in [0.2, 0.25) is 0 Å². The smallest absolute Gasteiger partial charge is 0.186 e. The molecule has 0 saturated carbocycles. The number of benzene rings is 1. The molecule has 0 bridgehead atoms. The Morgan fingerprint density at radius 3 is 3.17 bits per heavy atom. The predicted molar refractivity (Wildman–Crippen MR) is 75.6 cm³/mol. The summed E-state index contributed by atoms with van der Waals surface area (Å²) in [5.41, 5.74) is 6.92. The molecule has 1 aromatic heterocycles. The minimum Gasteiger partial charge on any atom is -0.492 e. The highest BCUT2D eigenvalue weighted by molar-refractivity contribution is 7.22. The van der Waals surface area contributed by atoms with Crippen LogP contribution < -0.4 is 15.4 Å². The number of ether oxygens (including phenoxy) is 1. The van der Waals surface area contributed by atoms with Crippen LogP contribution in [0.25, 0.3) is 10.2 Å². The van der Waals surface area contributed by atoms with E-state index in [1.54, 1.807) is 11.3 Å². The fraction of sp³-hybridized carbons (Fsp3) is 0.462. The van der Waals surface area contributed by atoms with E-state index < -0.39 is 0 Å². The maximum atomic E-state index is 5.94. The maximum Gasteiger partial charge on any atom is 0.186 e. The molecule has 2 N–H and O–H groups in total. The maximum absolute atomic E-state index is 5.94. The van der Waals surface area contributed by atoms with Crippen molar-refractivity contribution < 1.29 is 4.74 Å². The first-order valence-electron chi connectivity index (χ1n) is 6.31. The van der Waals surface area contributed by atoms with Crippen molar-refractivity contribution >= 4 is 26.7 Å². The highest BCUT2D eigenvalue weighted by atomic mass is 32.1. The first-order valence-corrected chi connectivity index (χ1v) is 7.12. The van der Waals surface area contributed by atoms with E-state index in [1.165, 1.54) is 4.70 Å². The van der Waals surface area contributed by atoms with Gasteiger partial charge in [-0.3, -0.25) is 0 Å². The zero-order chi connectivity index (χ0) is 12.5. The second-order valence-electron chi connectivity index (χ2n) is 4.53. The predicted octanol–water partition coefficient (Wildman–Crippen LogP) is 2.23. The summed E-state index contributed by atoms with van der Waals surface area (Å²) in [5, 5.41) is 1.06. The van der Waals surface area contributed by atoms with E-state index >= 15 is 0 Å². The molecule has 1 atom stereocenters. The van der Waals surface area contributed by atoms with E-state index in [4.69, 9.17) is 15.5 Å². The van der Waals surface area contributed by atoms with Crippen LogP contribution in [-0.4, -0.2) is 30.7 Å². The van der Waals surface area contributed by atoms with Gasteiger partial charge in [0.15, 0.2) is 5.13 Å². The van der Waals surface area contributed by atoms with Crippen molar-refractivity contribution in [2.24, 2.45) is 5.73 Å². The van der Waals surface area contributed by atoms with Crippen LogP contribution in [0.1, 0.15) is 13.3 Å². The number of nitrogens with zero attached hydrogens (tertiary/aromatic N) is 2. The molecule has 2 aromatic rings. The molecule has 0 aliphatic carbocycles. The first-order chi connectivity index (χ1) is 8.78. The van der Waals surface area contributed by atoms with Crippen molar-refractivity contribution in [3.05, 3.63) is 18.2 Å². The summed E-state index contributed by atoms with van der Waals surface area (Å²) in [7, 11) is 0. The van der Waals surface area contributed by atoms with Crippen LogP contribution in [0.3, 0.4) is 0 Å².